The summed E-state index contributed by atoms with van der Waals surface area (Å²) in [6.07, 6.45) is -0.129. The molecule has 8 heteroatoms. The lowest BCUT2D eigenvalue weighted by atomic mass is 10.1. The molecule has 0 amide bonds. The Morgan fingerprint density at radius 2 is 1.79 bits per heavy atom. The zero-order valence-electron chi connectivity index (χ0n) is 12.9. The SMILES string of the molecule is Cn1cnc2c(=O)n(CCCc3ccc(C(F)(F)F)cc3)cnc21. The first kappa shape index (κ1) is 16.2. The van der Waals surface area contributed by atoms with Gasteiger partial charge < -0.3 is 4.57 Å². The Kier molecular flexibility index (Phi) is 4.13. The number of aromatic nitrogens is 4. The molecule has 2 heterocycles. The number of hydrogen-bond donors (Lipinski definition) is 0. The minimum Gasteiger partial charge on any atom is -0.318 e. The van der Waals surface area contributed by atoms with Crippen LogP contribution in [0.15, 0.2) is 41.7 Å². The highest BCUT2D eigenvalue weighted by Gasteiger charge is 2.29. The first-order valence-electron chi connectivity index (χ1n) is 7.39. The molecule has 0 unspecified atom stereocenters. The maximum absolute atomic E-state index is 12.5. The summed E-state index contributed by atoms with van der Waals surface area (Å²) in [4.78, 5) is 20.5. The van der Waals surface area contributed by atoms with Crippen LogP contribution in [-0.2, 0) is 26.2 Å². The molecular formula is C16H15F3N4O. The summed E-state index contributed by atoms with van der Waals surface area (Å²) in [6.45, 7) is 0.430. The Bertz CT molecular complexity index is 910. The third-order valence-electron chi connectivity index (χ3n) is 3.83. The van der Waals surface area contributed by atoms with Gasteiger partial charge in [-0.25, -0.2) is 9.97 Å². The predicted octanol–water partition coefficient (Wildman–Crippen LogP) is 2.78. The fourth-order valence-electron chi connectivity index (χ4n) is 2.51. The minimum absolute atomic E-state index is 0.215. The normalized spacial score (nSPS) is 12.0. The molecule has 0 radical (unpaired) electrons. The number of benzene rings is 1. The van der Waals surface area contributed by atoms with Gasteiger partial charge in [-0.1, -0.05) is 12.1 Å². The fraction of sp³-hybridized carbons (Fsp3) is 0.312. The molecule has 0 fully saturated rings. The summed E-state index contributed by atoms with van der Waals surface area (Å²) in [6, 6.07) is 5.07. The number of nitrogens with zero attached hydrogens (tertiary/aromatic N) is 4. The molecule has 0 aliphatic heterocycles. The number of rotatable bonds is 4. The van der Waals surface area contributed by atoms with Crippen molar-refractivity contribution in [1.82, 2.24) is 19.1 Å². The molecule has 0 N–H and O–H groups in total. The molecule has 2 aromatic heterocycles. The second-order valence-corrected chi connectivity index (χ2v) is 5.57. The van der Waals surface area contributed by atoms with Crippen LogP contribution in [0.5, 0.6) is 0 Å². The van der Waals surface area contributed by atoms with E-state index in [2.05, 4.69) is 9.97 Å². The quantitative estimate of drug-likeness (QED) is 0.736. The van der Waals surface area contributed by atoms with Gasteiger partial charge in [0.1, 0.15) is 6.33 Å². The van der Waals surface area contributed by atoms with Crippen LogP contribution in [0.2, 0.25) is 0 Å². The molecule has 24 heavy (non-hydrogen) atoms. The molecule has 126 valence electrons. The molecule has 0 spiro atoms. The first-order chi connectivity index (χ1) is 11.4. The van der Waals surface area contributed by atoms with Crippen molar-refractivity contribution in [3.05, 3.63) is 58.4 Å². The Balaban J connectivity index is 1.66. The lowest BCUT2D eigenvalue weighted by molar-refractivity contribution is -0.137. The van der Waals surface area contributed by atoms with Crippen molar-refractivity contribution < 1.29 is 13.2 Å². The van der Waals surface area contributed by atoms with Crippen molar-refractivity contribution in [2.75, 3.05) is 0 Å². The minimum atomic E-state index is -4.32. The molecule has 0 saturated carbocycles. The van der Waals surface area contributed by atoms with Crippen molar-refractivity contribution in [3.8, 4) is 0 Å². The van der Waals surface area contributed by atoms with Crippen molar-refractivity contribution in [1.29, 1.82) is 0 Å². The summed E-state index contributed by atoms with van der Waals surface area (Å²) >= 11 is 0. The van der Waals surface area contributed by atoms with Gasteiger partial charge in [-0.3, -0.25) is 9.36 Å². The standard InChI is InChI=1S/C16H15F3N4O/c1-22-9-20-13-14(22)21-10-23(15(13)24)8-2-3-11-4-6-12(7-5-11)16(17,18)19/h4-7,9-10H,2-3,8H2,1H3. The van der Waals surface area contributed by atoms with Crippen molar-refractivity contribution in [3.63, 3.8) is 0 Å². The van der Waals surface area contributed by atoms with E-state index < -0.39 is 11.7 Å². The second-order valence-electron chi connectivity index (χ2n) is 5.57. The van der Waals surface area contributed by atoms with Gasteiger partial charge in [0.05, 0.1) is 11.9 Å². The van der Waals surface area contributed by atoms with E-state index in [0.717, 1.165) is 17.7 Å². The van der Waals surface area contributed by atoms with Gasteiger partial charge in [0.15, 0.2) is 11.2 Å². The Labute approximate surface area is 135 Å². The number of hydrogen-bond acceptors (Lipinski definition) is 3. The molecule has 3 rings (SSSR count). The van der Waals surface area contributed by atoms with Gasteiger partial charge in [0.2, 0.25) is 0 Å². The molecule has 1 aromatic carbocycles. The fourth-order valence-corrected chi connectivity index (χ4v) is 2.51. The van der Waals surface area contributed by atoms with E-state index in [1.165, 1.54) is 29.4 Å². The summed E-state index contributed by atoms with van der Waals surface area (Å²) in [7, 11) is 1.76. The maximum atomic E-state index is 12.5. The topological polar surface area (TPSA) is 52.7 Å². The predicted molar refractivity (Wildman–Crippen MR) is 82.5 cm³/mol. The third kappa shape index (κ3) is 3.17. The molecule has 0 bridgehead atoms. The van der Waals surface area contributed by atoms with Crippen LogP contribution in [0.4, 0.5) is 13.2 Å². The Morgan fingerprint density at radius 3 is 2.46 bits per heavy atom. The molecule has 0 aliphatic rings. The zero-order valence-corrected chi connectivity index (χ0v) is 12.9. The van der Waals surface area contributed by atoms with Crippen LogP contribution < -0.4 is 5.56 Å². The Hall–Kier alpha value is -2.64. The van der Waals surface area contributed by atoms with E-state index in [1.807, 2.05) is 0 Å². The number of fused-ring (bicyclic) bond motifs is 1. The highest BCUT2D eigenvalue weighted by molar-refractivity contribution is 5.68. The molecule has 3 aromatic rings. The van der Waals surface area contributed by atoms with E-state index in [0.29, 0.717) is 30.6 Å². The summed E-state index contributed by atoms with van der Waals surface area (Å²) in [5.41, 5.74) is 0.761. The molecule has 5 nitrogen and oxygen atoms in total. The van der Waals surface area contributed by atoms with Gasteiger partial charge in [-0.15, -0.1) is 0 Å². The Morgan fingerprint density at radius 1 is 1.08 bits per heavy atom. The van der Waals surface area contributed by atoms with Crippen LogP contribution in [0.25, 0.3) is 11.2 Å². The second kappa shape index (κ2) is 6.10. The average Bonchev–Trinajstić information content (AvgIpc) is 2.91. The van der Waals surface area contributed by atoms with Crippen LogP contribution in [0.1, 0.15) is 17.5 Å². The maximum Gasteiger partial charge on any atom is 0.416 e. The van der Waals surface area contributed by atoms with Gasteiger partial charge in [-0.05, 0) is 30.5 Å². The average molecular weight is 336 g/mol. The zero-order chi connectivity index (χ0) is 17.3. The van der Waals surface area contributed by atoms with E-state index in [4.69, 9.17) is 0 Å². The van der Waals surface area contributed by atoms with Crippen molar-refractivity contribution in [2.24, 2.45) is 7.05 Å². The summed E-state index contributed by atoms with van der Waals surface area (Å²) in [5.74, 6) is 0. The summed E-state index contributed by atoms with van der Waals surface area (Å²) < 4.78 is 40.7. The highest BCUT2D eigenvalue weighted by atomic mass is 19.4. The van der Waals surface area contributed by atoms with Crippen LogP contribution in [0.3, 0.4) is 0 Å². The molecule has 0 atom stereocenters. The monoisotopic (exact) mass is 336 g/mol. The van der Waals surface area contributed by atoms with E-state index in [-0.39, 0.29) is 5.56 Å². The third-order valence-corrected chi connectivity index (χ3v) is 3.83. The van der Waals surface area contributed by atoms with Gasteiger partial charge in [-0.2, -0.15) is 13.2 Å². The molecule has 0 saturated heterocycles. The molecule has 0 aliphatic carbocycles. The van der Waals surface area contributed by atoms with Gasteiger partial charge >= 0.3 is 6.18 Å². The van der Waals surface area contributed by atoms with Crippen LogP contribution >= 0.6 is 0 Å². The number of halogens is 3. The van der Waals surface area contributed by atoms with Crippen LogP contribution in [-0.4, -0.2) is 19.1 Å². The lowest BCUT2D eigenvalue weighted by Gasteiger charge is -2.08. The van der Waals surface area contributed by atoms with Crippen LogP contribution in [0, 0.1) is 0 Å². The summed E-state index contributed by atoms with van der Waals surface area (Å²) in [5, 5.41) is 0. The number of alkyl halides is 3. The van der Waals surface area contributed by atoms with E-state index in [1.54, 1.807) is 11.6 Å². The smallest absolute Gasteiger partial charge is 0.318 e. The van der Waals surface area contributed by atoms with E-state index in [9.17, 15) is 18.0 Å². The van der Waals surface area contributed by atoms with Gasteiger partial charge in [0.25, 0.3) is 5.56 Å². The highest BCUT2D eigenvalue weighted by Crippen LogP contribution is 2.29. The molecular weight excluding hydrogens is 321 g/mol. The first-order valence-corrected chi connectivity index (χ1v) is 7.39. The largest absolute Gasteiger partial charge is 0.416 e. The number of imidazole rings is 1. The lowest BCUT2D eigenvalue weighted by Crippen LogP contribution is -2.21. The van der Waals surface area contributed by atoms with Crippen molar-refractivity contribution in [2.45, 2.75) is 25.6 Å². The van der Waals surface area contributed by atoms with Gasteiger partial charge in [0, 0.05) is 13.6 Å². The van der Waals surface area contributed by atoms with Crippen molar-refractivity contribution >= 4 is 11.2 Å². The number of aryl methyl sites for hydroxylation is 3. The van der Waals surface area contributed by atoms with E-state index >= 15 is 0 Å².